The second-order valence-corrected chi connectivity index (χ2v) is 4.88. The monoisotopic (exact) mass is 321 g/mol. The number of hydrogen-bond acceptors (Lipinski definition) is 4. The van der Waals surface area contributed by atoms with E-state index in [-0.39, 0.29) is 15.7 Å². The molecule has 1 atom stereocenters. The van der Waals surface area contributed by atoms with Gasteiger partial charge in [-0.1, -0.05) is 29.8 Å². The molecular weight excluding hydrogens is 310 g/mol. The summed E-state index contributed by atoms with van der Waals surface area (Å²) >= 11 is 10.9. The van der Waals surface area contributed by atoms with Crippen molar-refractivity contribution in [2.24, 2.45) is 0 Å². The van der Waals surface area contributed by atoms with Crippen molar-refractivity contribution < 1.29 is 9.90 Å². The Morgan fingerprint density at radius 1 is 1.24 bits per heavy atom. The molecule has 3 N–H and O–H groups in total. The largest absolute Gasteiger partial charge is 0.367 e. The third kappa shape index (κ3) is 4.22. The summed E-state index contributed by atoms with van der Waals surface area (Å²) < 4.78 is 0. The summed E-state index contributed by atoms with van der Waals surface area (Å²) in [7, 11) is 0. The van der Waals surface area contributed by atoms with Gasteiger partial charge in [-0.15, -0.1) is 0 Å². The van der Waals surface area contributed by atoms with Crippen LogP contribution in [-0.4, -0.2) is 27.2 Å². The van der Waals surface area contributed by atoms with Crippen LogP contribution in [0.2, 0.25) is 5.02 Å². The van der Waals surface area contributed by atoms with E-state index in [0.29, 0.717) is 5.82 Å². The summed E-state index contributed by atoms with van der Waals surface area (Å²) in [4.78, 5) is 16.1. The number of halogens is 1. The third-order valence-electron chi connectivity index (χ3n) is 2.56. The summed E-state index contributed by atoms with van der Waals surface area (Å²) in [6.07, 6.45) is 0.101. The third-order valence-corrected chi connectivity index (χ3v) is 3.11. The fourth-order valence-corrected chi connectivity index (χ4v) is 2.03. The average Bonchev–Trinajstić information content (AvgIpc) is 2.48. The lowest BCUT2D eigenvalue weighted by atomic mass is 10.1. The van der Waals surface area contributed by atoms with E-state index in [1.807, 2.05) is 0 Å². The van der Waals surface area contributed by atoms with Crippen LogP contribution in [0.25, 0.3) is 0 Å². The van der Waals surface area contributed by atoms with Gasteiger partial charge in [-0.3, -0.25) is 4.79 Å². The molecule has 0 aliphatic rings. The summed E-state index contributed by atoms with van der Waals surface area (Å²) in [6, 6.07) is 11.7. The molecule has 0 saturated heterocycles. The molecule has 0 aliphatic heterocycles. The molecule has 5 nitrogen and oxygen atoms in total. The standard InChI is InChI=1S/C14H12ClN3O2S/c15-10-6-2-1-5-9(10)12(19)13(20)18-14(21)17-11-7-3-4-8-16-11/h1-8,13,20H,(H2,16,17,18,21). The molecule has 0 fully saturated rings. The lowest BCUT2D eigenvalue weighted by Gasteiger charge is -2.15. The van der Waals surface area contributed by atoms with Crippen molar-refractivity contribution in [2.45, 2.75) is 6.23 Å². The number of nitrogens with one attached hydrogen (secondary N) is 2. The Morgan fingerprint density at radius 3 is 2.62 bits per heavy atom. The molecule has 1 unspecified atom stereocenters. The zero-order chi connectivity index (χ0) is 15.2. The minimum Gasteiger partial charge on any atom is -0.367 e. The SMILES string of the molecule is O=C(c1ccccc1Cl)C(O)NC(=S)Nc1ccccn1. The fourth-order valence-electron chi connectivity index (χ4n) is 1.59. The molecule has 7 heteroatoms. The maximum Gasteiger partial charge on any atom is 0.213 e. The second-order valence-electron chi connectivity index (χ2n) is 4.06. The van der Waals surface area contributed by atoms with Gasteiger partial charge in [-0.05, 0) is 36.5 Å². The Balaban J connectivity index is 1.98. The maximum atomic E-state index is 12.1. The quantitative estimate of drug-likeness (QED) is 0.455. The Kier molecular flexibility index (Phi) is 5.21. The number of aromatic nitrogens is 1. The van der Waals surface area contributed by atoms with Crippen molar-refractivity contribution in [1.82, 2.24) is 10.3 Å². The molecule has 1 heterocycles. The van der Waals surface area contributed by atoms with Gasteiger partial charge in [0, 0.05) is 11.8 Å². The van der Waals surface area contributed by atoms with E-state index in [0.717, 1.165) is 0 Å². The molecule has 108 valence electrons. The molecule has 1 aromatic heterocycles. The van der Waals surface area contributed by atoms with Crippen LogP contribution in [0.3, 0.4) is 0 Å². The maximum absolute atomic E-state index is 12.1. The lowest BCUT2D eigenvalue weighted by molar-refractivity contribution is 0.0720. The smallest absolute Gasteiger partial charge is 0.213 e. The zero-order valence-corrected chi connectivity index (χ0v) is 12.4. The number of thiocarbonyl (C=S) groups is 1. The van der Waals surface area contributed by atoms with E-state index in [1.54, 1.807) is 42.6 Å². The van der Waals surface area contributed by atoms with Crippen molar-refractivity contribution >= 4 is 40.5 Å². The molecule has 0 saturated carbocycles. The van der Waals surface area contributed by atoms with Gasteiger partial charge in [0.1, 0.15) is 5.82 Å². The number of rotatable bonds is 4. The van der Waals surface area contributed by atoms with Crippen molar-refractivity contribution in [1.29, 1.82) is 0 Å². The van der Waals surface area contributed by atoms with Gasteiger partial charge in [0.2, 0.25) is 5.78 Å². The zero-order valence-electron chi connectivity index (χ0n) is 10.8. The van der Waals surface area contributed by atoms with E-state index in [4.69, 9.17) is 23.8 Å². The number of hydrogen-bond donors (Lipinski definition) is 3. The Hall–Kier alpha value is -2.02. The highest BCUT2D eigenvalue weighted by Crippen LogP contribution is 2.16. The molecule has 2 aromatic rings. The number of carbonyl (C=O) groups excluding carboxylic acids is 1. The van der Waals surface area contributed by atoms with Crippen molar-refractivity contribution in [3.8, 4) is 0 Å². The molecule has 0 radical (unpaired) electrons. The molecule has 0 bridgehead atoms. The van der Waals surface area contributed by atoms with Crippen LogP contribution < -0.4 is 10.6 Å². The second kappa shape index (κ2) is 7.12. The number of carbonyl (C=O) groups is 1. The number of Topliss-reactive ketones (excluding diaryl/α,β-unsaturated/α-hetero) is 1. The van der Waals surface area contributed by atoms with Crippen molar-refractivity contribution in [2.75, 3.05) is 5.32 Å². The van der Waals surface area contributed by atoms with Gasteiger partial charge < -0.3 is 15.7 Å². The number of pyridine rings is 1. The molecule has 2 rings (SSSR count). The first-order chi connectivity index (χ1) is 10.1. The minimum absolute atomic E-state index is 0.0848. The topological polar surface area (TPSA) is 74.2 Å². The van der Waals surface area contributed by atoms with Gasteiger partial charge in [0.25, 0.3) is 0 Å². The first-order valence-corrected chi connectivity index (χ1v) is 6.82. The van der Waals surface area contributed by atoms with Gasteiger partial charge >= 0.3 is 0 Å². The van der Waals surface area contributed by atoms with E-state index in [1.165, 1.54) is 6.07 Å². The van der Waals surface area contributed by atoms with Crippen LogP contribution in [0.1, 0.15) is 10.4 Å². The predicted molar refractivity (Wildman–Crippen MR) is 85.4 cm³/mol. The molecule has 0 aliphatic carbocycles. The average molecular weight is 322 g/mol. The molecule has 0 spiro atoms. The normalized spacial score (nSPS) is 11.5. The van der Waals surface area contributed by atoms with Gasteiger partial charge in [-0.25, -0.2) is 4.98 Å². The lowest BCUT2D eigenvalue weighted by Crippen LogP contribution is -2.42. The first-order valence-electron chi connectivity index (χ1n) is 6.03. The van der Waals surface area contributed by atoms with Crippen LogP contribution >= 0.6 is 23.8 Å². The fraction of sp³-hybridized carbons (Fsp3) is 0.0714. The highest BCUT2D eigenvalue weighted by atomic mass is 35.5. The molecular formula is C14H12ClN3O2S. The predicted octanol–water partition coefficient (Wildman–Crippen LogP) is 2.22. The van der Waals surface area contributed by atoms with Gasteiger partial charge in [-0.2, -0.15) is 0 Å². The number of ketones is 1. The highest BCUT2D eigenvalue weighted by molar-refractivity contribution is 7.80. The van der Waals surface area contributed by atoms with E-state index < -0.39 is 12.0 Å². The van der Waals surface area contributed by atoms with Crippen LogP contribution in [-0.2, 0) is 0 Å². The first kappa shape index (κ1) is 15.4. The van der Waals surface area contributed by atoms with Crippen LogP contribution in [0.15, 0.2) is 48.7 Å². The van der Waals surface area contributed by atoms with Crippen molar-refractivity contribution in [3.63, 3.8) is 0 Å². The summed E-state index contributed by atoms with van der Waals surface area (Å²) in [5.41, 5.74) is 0.222. The molecule has 21 heavy (non-hydrogen) atoms. The van der Waals surface area contributed by atoms with E-state index >= 15 is 0 Å². The number of nitrogens with zero attached hydrogens (tertiary/aromatic N) is 1. The molecule has 1 aromatic carbocycles. The van der Waals surface area contributed by atoms with Crippen LogP contribution in [0.4, 0.5) is 5.82 Å². The molecule has 0 amide bonds. The minimum atomic E-state index is -1.49. The van der Waals surface area contributed by atoms with Crippen molar-refractivity contribution in [3.05, 3.63) is 59.2 Å². The van der Waals surface area contributed by atoms with Gasteiger partial charge in [0.05, 0.1) is 5.02 Å². The Morgan fingerprint density at radius 2 is 1.95 bits per heavy atom. The Labute approximate surface area is 132 Å². The summed E-state index contributed by atoms with van der Waals surface area (Å²) in [5, 5.41) is 15.5. The Bertz CT molecular complexity index is 652. The summed E-state index contributed by atoms with van der Waals surface area (Å²) in [6.45, 7) is 0. The van der Waals surface area contributed by atoms with E-state index in [2.05, 4.69) is 15.6 Å². The highest BCUT2D eigenvalue weighted by Gasteiger charge is 2.20. The van der Waals surface area contributed by atoms with Crippen LogP contribution in [0, 0.1) is 0 Å². The number of aliphatic hydroxyl groups excluding tert-OH is 1. The van der Waals surface area contributed by atoms with Crippen LogP contribution in [0.5, 0.6) is 0 Å². The van der Waals surface area contributed by atoms with Gasteiger partial charge in [0.15, 0.2) is 11.3 Å². The number of aliphatic hydroxyl groups is 1. The summed E-state index contributed by atoms with van der Waals surface area (Å²) in [5.74, 6) is -0.0573. The number of anilines is 1. The van der Waals surface area contributed by atoms with E-state index in [9.17, 15) is 9.90 Å². The number of benzene rings is 1.